The molecule has 2 aliphatic carbocycles. The van der Waals surface area contributed by atoms with Crippen LogP contribution in [0.5, 0.6) is 0 Å². The third-order valence-corrected chi connectivity index (χ3v) is 9.05. The van der Waals surface area contributed by atoms with Crippen LogP contribution < -0.4 is 11.3 Å². The number of nitrogens with zero attached hydrogens (tertiary/aromatic N) is 3. The maximum absolute atomic E-state index is 13.3. The van der Waals surface area contributed by atoms with Crippen LogP contribution in [0.2, 0.25) is 0 Å². The van der Waals surface area contributed by atoms with Gasteiger partial charge in [0.1, 0.15) is 0 Å². The van der Waals surface area contributed by atoms with E-state index in [0.29, 0.717) is 29.5 Å². The van der Waals surface area contributed by atoms with Gasteiger partial charge in [0.15, 0.2) is 0 Å². The Bertz CT molecular complexity index is 1130. The van der Waals surface area contributed by atoms with E-state index in [0.717, 1.165) is 37.5 Å². The highest BCUT2D eigenvalue weighted by molar-refractivity contribution is 5.88. The van der Waals surface area contributed by atoms with Crippen LogP contribution in [0.1, 0.15) is 87.2 Å². The van der Waals surface area contributed by atoms with E-state index in [1.165, 1.54) is 38.5 Å². The number of carbonyl (C=O) groups is 1. The predicted molar refractivity (Wildman–Crippen MR) is 126 cm³/mol. The van der Waals surface area contributed by atoms with Crippen molar-refractivity contribution in [3.8, 4) is 0 Å². The smallest absolute Gasteiger partial charge is 0.360 e. The molecule has 176 valence electrons. The number of fused-ring (bicyclic) bond motifs is 5. The topological polar surface area (TPSA) is 101 Å². The average molecular weight is 451 g/mol. The quantitative estimate of drug-likeness (QED) is 0.735. The molecular formula is C26H34N4O3. The summed E-state index contributed by atoms with van der Waals surface area (Å²) in [6, 6.07) is 8.16. The lowest BCUT2D eigenvalue weighted by Crippen LogP contribution is -2.70. The number of nitrogens with two attached hydrogens (primary N) is 1. The van der Waals surface area contributed by atoms with Gasteiger partial charge in [-0.05, 0) is 75.3 Å². The number of para-hydroxylation sites is 2. The summed E-state index contributed by atoms with van der Waals surface area (Å²) in [7, 11) is 0. The molecule has 2 unspecified atom stereocenters. The highest BCUT2D eigenvalue weighted by atomic mass is 16.4. The van der Waals surface area contributed by atoms with Crippen molar-refractivity contribution in [2.24, 2.45) is 17.6 Å². The number of piperidine rings is 2. The van der Waals surface area contributed by atoms with Gasteiger partial charge in [0, 0.05) is 18.1 Å². The van der Waals surface area contributed by atoms with Crippen molar-refractivity contribution in [3.05, 3.63) is 40.3 Å². The maximum atomic E-state index is 13.3. The molecule has 4 bridgehead atoms. The van der Waals surface area contributed by atoms with Crippen molar-refractivity contribution in [3.63, 3.8) is 0 Å². The minimum Gasteiger partial charge on any atom is -0.476 e. The van der Waals surface area contributed by atoms with Crippen LogP contribution in [0.3, 0.4) is 0 Å². The molecule has 3 heterocycles. The number of hydrogen-bond donors (Lipinski definition) is 2. The molecular weight excluding hydrogens is 416 g/mol. The summed E-state index contributed by atoms with van der Waals surface area (Å²) >= 11 is 0. The normalized spacial score (nSPS) is 36.6. The summed E-state index contributed by atoms with van der Waals surface area (Å²) < 4.78 is 1.71. The van der Waals surface area contributed by atoms with Gasteiger partial charge >= 0.3 is 5.97 Å². The van der Waals surface area contributed by atoms with Gasteiger partial charge in [0.05, 0.1) is 16.7 Å². The van der Waals surface area contributed by atoms with E-state index in [2.05, 4.69) is 9.88 Å². The van der Waals surface area contributed by atoms with Gasteiger partial charge in [0.25, 0.3) is 5.56 Å². The molecule has 6 rings (SSSR count). The first-order valence-electron chi connectivity index (χ1n) is 12.7. The van der Waals surface area contributed by atoms with E-state index in [1.807, 2.05) is 18.2 Å². The van der Waals surface area contributed by atoms with Crippen LogP contribution in [0.25, 0.3) is 11.0 Å². The van der Waals surface area contributed by atoms with Crippen LogP contribution in [-0.2, 0) is 0 Å². The summed E-state index contributed by atoms with van der Waals surface area (Å²) in [6.45, 7) is 0. The number of carboxylic acids is 1. The second kappa shape index (κ2) is 7.91. The molecule has 0 amide bonds. The Morgan fingerprint density at radius 1 is 1.00 bits per heavy atom. The second-order valence-electron chi connectivity index (χ2n) is 11.1. The summed E-state index contributed by atoms with van der Waals surface area (Å²) in [6.07, 6.45) is 12.7. The number of aromatic carboxylic acids is 1. The summed E-state index contributed by atoms with van der Waals surface area (Å²) in [5.41, 5.74) is 7.14. The van der Waals surface area contributed by atoms with E-state index in [1.54, 1.807) is 10.6 Å². The SMILES string of the molecule is N[C@]12CCC[C@H](C[C@H](n3c(=O)c(C(=O)O)nc4ccccc43)C1)N2C1CC2CCCC(C2)C1. The fraction of sp³-hybridized carbons (Fsp3) is 0.654. The highest BCUT2D eigenvalue weighted by Crippen LogP contribution is 2.49. The van der Waals surface area contributed by atoms with Crippen molar-refractivity contribution in [1.29, 1.82) is 0 Å². The van der Waals surface area contributed by atoms with Crippen LogP contribution in [0, 0.1) is 11.8 Å². The standard InChI is InChI=1S/C26H34N4O3/c27-26-10-4-7-18(30(26)19-12-16-5-3-6-17(11-16)13-19)14-20(15-26)29-22-9-2-1-8-21(22)28-23(24(29)31)25(32)33/h1-2,8-9,16-20H,3-7,10-15,27H2,(H,32,33)/t16?,17?,18-,19?,20+,26+/m1/s1. The third kappa shape index (κ3) is 3.51. The number of hydrogen-bond acceptors (Lipinski definition) is 5. The molecule has 1 aromatic heterocycles. The Labute approximate surface area is 194 Å². The molecule has 7 heteroatoms. The zero-order valence-electron chi connectivity index (χ0n) is 19.2. The van der Waals surface area contributed by atoms with Crippen molar-refractivity contribution >= 4 is 17.0 Å². The first-order chi connectivity index (χ1) is 15.9. The largest absolute Gasteiger partial charge is 0.476 e. The van der Waals surface area contributed by atoms with Gasteiger partial charge in [-0.25, -0.2) is 9.78 Å². The van der Waals surface area contributed by atoms with Crippen molar-refractivity contribution in [2.45, 2.75) is 94.4 Å². The second-order valence-corrected chi connectivity index (χ2v) is 11.1. The number of carboxylic acid groups (broad SMARTS) is 1. The third-order valence-electron chi connectivity index (χ3n) is 9.05. The molecule has 4 aliphatic rings. The van der Waals surface area contributed by atoms with Gasteiger partial charge in [0.2, 0.25) is 5.69 Å². The van der Waals surface area contributed by atoms with Gasteiger partial charge < -0.3 is 15.4 Å². The Morgan fingerprint density at radius 3 is 2.48 bits per heavy atom. The number of rotatable bonds is 3. The summed E-state index contributed by atoms with van der Waals surface area (Å²) in [5.74, 6) is 0.414. The van der Waals surface area contributed by atoms with Crippen LogP contribution in [0.4, 0.5) is 0 Å². The first kappa shape index (κ1) is 21.3. The number of benzene rings is 1. The zero-order valence-corrected chi connectivity index (χ0v) is 19.2. The first-order valence-corrected chi connectivity index (χ1v) is 12.7. The maximum Gasteiger partial charge on any atom is 0.360 e. The van der Waals surface area contributed by atoms with E-state index in [4.69, 9.17) is 5.73 Å². The average Bonchev–Trinajstić information content (AvgIpc) is 2.77. The Kier molecular flexibility index (Phi) is 5.11. The van der Waals surface area contributed by atoms with E-state index in [-0.39, 0.29) is 6.04 Å². The molecule has 7 nitrogen and oxygen atoms in total. The van der Waals surface area contributed by atoms with E-state index < -0.39 is 22.9 Å². The van der Waals surface area contributed by atoms with Crippen molar-refractivity contribution in [2.75, 3.05) is 0 Å². The predicted octanol–water partition coefficient (Wildman–Crippen LogP) is 3.91. The molecule has 2 aromatic rings. The van der Waals surface area contributed by atoms with Crippen molar-refractivity contribution < 1.29 is 9.90 Å². The molecule has 4 fully saturated rings. The van der Waals surface area contributed by atoms with Crippen LogP contribution in [-0.4, -0.2) is 43.3 Å². The van der Waals surface area contributed by atoms with E-state index >= 15 is 0 Å². The Hall–Kier alpha value is -2.25. The fourth-order valence-corrected chi connectivity index (χ4v) is 7.96. The monoisotopic (exact) mass is 450 g/mol. The Morgan fingerprint density at radius 2 is 1.76 bits per heavy atom. The van der Waals surface area contributed by atoms with Crippen molar-refractivity contribution in [1.82, 2.24) is 14.5 Å². The lowest BCUT2D eigenvalue weighted by atomic mass is 9.67. The number of aromatic nitrogens is 2. The van der Waals surface area contributed by atoms with Gasteiger partial charge in [-0.2, -0.15) is 0 Å². The van der Waals surface area contributed by atoms with Gasteiger partial charge in [-0.15, -0.1) is 0 Å². The molecule has 2 aliphatic heterocycles. The van der Waals surface area contributed by atoms with Crippen LogP contribution in [0.15, 0.2) is 29.1 Å². The molecule has 2 saturated heterocycles. The molecule has 0 radical (unpaired) electrons. The fourth-order valence-electron chi connectivity index (χ4n) is 7.96. The molecule has 2 saturated carbocycles. The molecule has 33 heavy (non-hydrogen) atoms. The molecule has 0 spiro atoms. The van der Waals surface area contributed by atoms with E-state index in [9.17, 15) is 14.7 Å². The van der Waals surface area contributed by atoms with Gasteiger partial charge in [-0.3, -0.25) is 9.69 Å². The minimum atomic E-state index is -1.27. The molecule has 5 atom stereocenters. The van der Waals surface area contributed by atoms with Gasteiger partial charge in [-0.1, -0.05) is 31.4 Å². The Balaban J connectivity index is 1.39. The lowest BCUT2D eigenvalue weighted by Gasteiger charge is -2.60. The van der Waals surface area contributed by atoms with Crippen LogP contribution >= 0.6 is 0 Å². The zero-order chi connectivity index (χ0) is 22.7. The minimum absolute atomic E-state index is 0.113. The molecule has 3 N–H and O–H groups in total. The highest BCUT2D eigenvalue weighted by Gasteiger charge is 2.51. The summed E-state index contributed by atoms with van der Waals surface area (Å²) in [4.78, 5) is 32.0. The summed E-state index contributed by atoms with van der Waals surface area (Å²) in [5, 5.41) is 9.64. The lowest BCUT2D eigenvalue weighted by molar-refractivity contribution is -0.104. The molecule has 1 aromatic carbocycles.